The first-order valence-corrected chi connectivity index (χ1v) is 7.39. The summed E-state index contributed by atoms with van der Waals surface area (Å²) in [6.45, 7) is 7.35. The molecule has 0 aliphatic rings. The number of halogens is 1. The van der Waals surface area contributed by atoms with E-state index >= 15 is 0 Å². The molecule has 0 amide bonds. The molecule has 0 saturated heterocycles. The van der Waals surface area contributed by atoms with Gasteiger partial charge < -0.3 is 5.73 Å². The van der Waals surface area contributed by atoms with Crippen molar-refractivity contribution in [3.63, 3.8) is 0 Å². The molecule has 1 aromatic rings. The molecule has 0 saturated carbocycles. The summed E-state index contributed by atoms with van der Waals surface area (Å²) in [4.78, 5) is 12.2. The van der Waals surface area contributed by atoms with E-state index in [1.165, 1.54) is 0 Å². The summed E-state index contributed by atoms with van der Waals surface area (Å²) in [5.74, 6) is 0.248. The Morgan fingerprint density at radius 3 is 2.68 bits per heavy atom. The third-order valence-electron chi connectivity index (χ3n) is 3.43. The molecule has 108 valence electrons. The van der Waals surface area contributed by atoms with E-state index in [0.717, 1.165) is 37.2 Å². The van der Waals surface area contributed by atoms with Gasteiger partial charge in [-0.15, -0.1) is 0 Å². The second-order valence-electron chi connectivity index (χ2n) is 4.85. The molecule has 0 fully saturated rings. The molecule has 19 heavy (non-hydrogen) atoms. The van der Waals surface area contributed by atoms with Crippen LogP contribution in [-0.4, -0.2) is 22.1 Å². The van der Waals surface area contributed by atoms with Crippen molar-refractivity contribution in [1.82, 2.24) is 9.78 Å². The maximum Gasteiger partial charge on any atom is 0.141 e. The molecule has 1 atom stereocenters. The fourth-order valence-electron chi connectivity index (χ4n) is 2.11. The van der Waals surface area contributed by atoms with Crippen molar-refractivity contribution in [2.75, 3.05) is 6.54 Å². The molecule has 2 N–H and O–H groups in total. The van der Waals surface area contributed by atoms with Crippen LogP contribution in [0.1, 0.15) is 45.0 Å². The van der Waals surface area contributed by atoms with Crippen LogP contribution in [0.3, 0.4) is 0 Å². The molecule has 1 unspecified atom stereocenters. The van der Waals surface area contributed by atoms with Gasteiger partial charge in [-0.2, -0.15) is 5.10 Å². The third-order valence-corrected chi connectivity index (χ3v) is 3.86. The van der Waals surface area contributed by atoms with Crippen molar-refractivity contribution >= 4 is 17.4 Å². The third kappa shape index (κ3) is 4.05. The molecule has 0 aromatic carbocycles. The van der Waals surface area contributed by atoms with Gasteiger partial charge in [0.25, 0.3) is 0 Å². The summed E-state index contributed by atoms with van der Waals surface area (Å²) in [6, 6.07) is 0. The molecule has 1 aromatic heterocycles. The van der Waals surface area contributed by atoms with Crippen LogP contribution < -0.4 is 5.73 Å². The van der Waals surface area contributed by atoms with Crippen molar-refractivity contribution in [3.8, 4) is 0 Å². The molecule has 4 nitrogen and oxygen atoms in total. The topological polar surface area (TPSA) is 60.9 Å². The maximum atomic E-state index is 12.2. The molecule has 5 heteroatoms. The number of aromatic nitrogens is 2. The highest BCUT2D eigenvalue weighted by Gasteiger charge is 2.20. The number of nitrogens with two attached hydrogens (primary N) is 1. The summed E-state index contributed by atoms with van der Waals surface area (Å²) in [6.07, 6.45) is 2.88. The zero-order valence-corrected chi connectivity index (χ0v) is 12.8. The van der Waals surface area contributed by atoms with E-state index in [2.05, 4.69) is 5.10 Å². The van der Waals surface area contributed by atoms with Gasteiger partial charge in [-0.3, -0.25) is 9.48 Å². The zero-order chi connectivity index (χ0) is 14.4. The van der Waals surface area contributed by atoms with E-state index < -0.39 is 0 Å². The van der Waals surface area contributed by atoms with Gasteiger partial charge in [0.05, 0.1) is 22.8 Å². The van der Waals surface area contributed by atoms with Gasteiger partial charge >= 0.3 is 0 Å². The molecule has 0 spiro atoms. The SMILES string of the molecule is CCc1nn(CC)c(CC(=O)C(C)CCCN)c1Cl. The van der Waals surface area contributed by atoms with Crippen LogP contribution >= 0.6 is 11.6 Å². The van der Waals surface area contributed by atoms with Gasteiger partial charge in [0, 0.05) is 12.5 Å². The van der Waals surface area contributed by atoms with Gasteiger partial charge in [0.1, 0.15) is 5.78 Å². The Morgan fingerprint density at radius 2 is 2.16 bits per heavy atom. The number of nitrogens with zero attached hydrogens (tertiary/aromatic N) is 2. The quantitative estimate of drug-likeness (QED) is 0.799. The predicted molar refractivity (Wildman–Crippen MR) is 78.5 cm³/mol. The monoisotopic (exact) mass is 285 g/mol. The average Bonchev–Trinajstić information content (AvgIpc) is 2.72. The Bertz CT molecular complexity index is 429. The van der Waals surface area contributed by atoms with Gasteiger partial charge in [-0.05, 0) is 32.7 Å². The number of Topliss-reactive ketones (excluding diaryl/α,β-unsaturated/α-hetero) is 1. The lowest BCUT2D eigenvalue weighted by Gasteiger charge is -2.10. The first-order chi connectivity index (χ1) is 9.04. The summed E-state index contributed by atoms with van der Waals surface area (Å²) in [5, 5.41) is 5.09. The van der Waals surface area contributed by atoms with E-state index in [4.69, 9.17) is 17.3 Å². The Kier molecular flexibility index (Phi) is 6.52. The molecular formula is C14H24ClN3O. The number of hydrogen-bond acceptors (Lipinski definition) is 3. The Hall–Kier alpha value is -0.870. The van der Waals surface area contributed by atoms with Crippen LogP contribution in [-0.2, 0) is 24.2 Å². The van der Waals surface area contributed by atoms with Gasteiger partial charge in [-0.1, -0.05) is 25.4 Å². The highest BCUT2D eigenvalue weighted by atomic mass is 35.5. The number of aryl methyl sites for hydroxylation is 2. The highest BCUT2D eigenvalue weighted by Crippen LogP contribution is 2.23. The number of hydrogen-bond donors (Lipinski definition) is 1. The fraction of sp³-hybridized carbons (Fsp3) is 0.714. The number of carbonyl (C=O) groups excluding carboxylic acids is 1. The number of carbonyl (C=O) groups is 1. The standard InChI is InChI=1S/C14H24ClN3O/c1-4-11-14(15)12(18(5-2)17-11)9-13(19)10(3)7-6-8-16/h10H,4-9,16H2,1-3H3. The van der Waals surface area contributed by atoms with Gasteiger partial charge in [-0.25, -0.2) is 0 Å². The molecule has 0 aliphatic carbocycles. The highest BCUT2D eigenvalue weighted by molar-refractivity contribution is 6.32. The Labute approximate surface area is 120 Å². The Morgan fingerprint density at radius 1 is 1.47 bits per heavy atom. The van der Waals surface area contributed by atoms with Crippen LogP contribution in [0.15, 0.2) is 0 Å². The molecular weight excluding hydrogens is 262 g/mol. The Balaban J connectivity index is 2.81. The second-order valence-corrected chi connectivity index (χ2v) is 5.23. The summed E-state index contributed by atoms with van der Waals surface area (Å²) in [7, 11) is 0. The van der Waals surface area contributed by atoms with Crippen molar-refractivity contribution in [1.29, 1.82) is 0 Å². The molecule has 0 aliphatic heterocycles. The first-order valence-electron chi connectivity index (χ1n) is 7.01. The lowest BCUT2D eigenvalue weighted by atomic mass is 9.97. The summed E-state index contributed by atoms with van der Waals surface area (Å²) < 4.78 is 1.84. The molecule has 1 heterocycles. The van der Waals surface area contributed by atoms with Crippen molar-refractivity contribution in [3.05, 3.63) is 16.4 Å². The number of ketones is 1. The summed E-state index contributed by atoms with van der Waals surface area (Å²) in [5.41, 5.74) is 7.20. The fourth-order valence-corrected chi connectivity index (χ4v) is 2.45. The zero-order valence-electron chi connectivity index (χ0n) is 12.1. The van der Waals surface area contributed by atoms with Crippen LogP contribution in [0, 0.1) is 5.92 Å². The molecule has 1 rings (SSSR count). The normalized spacial score (nSPS) is 12.7. The van der Waals surface area contributed by atoms with E-state index in [1.807, 2.05) is 25.5 Å². The van der Waals surface area contributed by atoms with Crippen molar-refractivity contribution in [2.24, 2.45) is 11.7 Å². The van der Waals surface area contributed by atoms with E-state index in [0.29, 0.717) is 18.0 Å². The minimum absolute atomic E-state index is 0.0323. The van der Waals surface area contributed by atoms with Gasteiger partial charge in [0.2, 0.25) is 0 Å². The first kappa shape index (κ1) is 16.2. The molecule has 0 radical (unpaired) electrons. The van der Waals surface area contributed by atoms with Crippen molar-refractivity contribution in [2.45, 2.75) is 53.0 Å². The van der Waals surface area contributed by atoms with Crippen LogP contribution in [0.4, 0.5) is 0 Å². The van der Waals surface area contributed by atoms with E-state index in [9.17, 15) is 4.79 Å². The number of rotatable bonds is 8. The van der Waals surface area contributed by atoms with E-state index in [-0.39, 0.29) is 11.7 Å². The maximum absolute atomic E-state index is 12.2. The smallest absolute Gasteiger partial charge is 0.141 e. The average molecular weight is 286 g/mol. The lowest BCUT2D eigenvalue weighted by molar-refractivity contribution is -0.122. The minimum Gasteiger partial charge on any atom is -0.330 e. The van der Waals surface area contributed by atoms with Gasteiger partial charge in [0.15, 0.2) is 0 Å². The van der Waals surface area contributed by atoms with Crippen LogP contribution in [0.5, 0.6) is 0 Å². The van der Waals surface area contributed by atoms with E-state index in [1.54, 1.807) is 0 Å². The molecule has 0 bridgehead atoms. The lowest BCUT2D eigenvalue weighted by Crippen LogP contribution is -2.17. The summed E-state index contributed by atoms with van der Waals surface area (Å²) >= 11 is 6.31. The largest absolute Gasteiger partial charge is 0.330 e. The minimum atomic E-state index is 0.0323. The second kappa shape index (κ2) is 7.65. The van der Waals surface area contributed by atoms with Crippen LogP contribution in [0.25, 0.3) is 0 Å². The predicted octanol–water partition coefficient (Wildman–Crippen LogP) is 2.61. The van der Waals surface area contributed by atoms with Crippen LogP contribution in [0.2, 0.25) is 5.02 Å². The van der Waals surface area contributed by atoms with Crippen molar-refractivity contribution < 1.29 is 4.79 Å².